The Labute approximate surface area is 166 Å². The summed E-state index contributed by atoms with van der Waals surface area (Å²) in [6, 6.07) is 12.8. The molecule has 0 aliphatic carbocycles. The highest BCUT2D eigenvalue weighted by molar-refractivity contribution is 7.89. The second-order valence-electron chi connectivity index (χ2n) is 7.56. The van der Waals surface area contributed by atoms with Crippen molar-refractivity contribution in [1.29, 1.82) is 0 Å². The van der Waals surface area contributed by atoms with E-state index in [0.29, 0.717) is 11.4 Å². The maximum atomic E-state index is 13.6. The van der Waals surface area contributed by atoms with Crippen molar-refractivity contribution < 1.29 is 13.5 Å². The van der Waals surface area contributed by atoms with Crippen LogP contribution in [0.15, 0.2) is 53.4 Å². The van der Waals surface area contributed by atoms with E-state index in [1.165, 1.54) is 0 Å². The fourth-order valence-electron chi connectivity index (χ4n) is 4.58. The number of nitrogens with one attached hydrogen (secondary N) is 1. The van der Waals surface area contributed by atoms with Gasteiger partial charge >= 0.3 is 0 Å². The van der Waals surface area contributed by atoms with E-state index < -0.39 is 10.0 Å². The average molecular weight is 399 g/mol. The van der Waals surface area contributed by atoms with Gasteiger partial charge in [-0.2, -0.15) is 4.31 Å². The number of allylic oxidation sites excluding steroid dienone is 1. The zero-order chi connectivity index (χ0) is 19.9. The number of benzene rings is 2. The Morgan fingerprint density at radius 1 is 1.25 bits per heavy atom. The third kappa shape index (κ3) is 3.05. The summed E-state index contributed by atoms with van der Waals surface area (Å²) in [5.41, 5.74) is 3.69. The molecular formula is C22H26N2O3S. The van der Waals surface area contributed by atoms with Crippen molar-refractivity contribution in [2.24, 2.45) is 5.92 Å². The number of sulfonamides is 1. The fourth-order valence-corrected chi connectivity index (χ4v) is 6.47. The quantitative estimate of drug-likeness (QED) is 0.826. The van der Waals surface area contributed by atoms with E-state index in [2.05, 4.69) is 11.4 Å². The number of nitrogens with zero attached hydrogens (tertiary/aromatic N) is 1. The van der Waals surface area contributed by atoms with E-state index >= 15 is 0 Å². The summed E-state index contributed by atoms with van der Waals surface area (Å²) < 4.78 is 28.7. The molecule has 148 valence electrons. The highest BCUT2D eigenvalue weighted by Gasteiger charge is 2.48. The van der Waals surface area contributed by atoms with Crippen molar-refractivity contribution in [2.75, 3.05) is 18.5 Å². The summed E-state index contributed by atoms with van der Waals surface area (Å²) in [6.45, 7) is 4.23. The molecule has 1 saturated heterocycles. The monoisotopic (exact) mass is 398 g/mol. The third-order valence-corrected chi connectivity index (χ3v) is 7.93. The van der Waals surface area contributed by atoms with Crippen LogP contribution in [0.2, 0.25) is 0 Å². The summed E-state index contributed by atoms with van der Waals surface area (Å²) in [5, 5.41) is 13.3. The zero-order valence-electron chi connectivity index (χ0n) is 16.2. The number of fused-ring (bicyclic) bond motifs is 3. The van der Waals surface area contributed by atoms with Crippen LogP contribution in [0, 0.1) is 12.8 Å². The van der Waals surface area contributed by atoms with Gasteiger partial charge in [-0.1, -0.05) is 36.4 Å². The van der Waals surface area contributed by atoms with Gasteiger partial charge in [0, 0.05) is 18.2 Å². The Bertz CT molecular complexity index is 1020. The first-order valence-corrected chi connectivity index (χ1v) is 11.1. The molecule has 2 aromatic rings. The molecular weight excluding hydrogens is 372 g/mol. The number of aliphatic hydroxyl groups excluding tert-OH is 1. The fraction of sp³-hybridized carbons (Fsp3) is 0.364. The van der Waals surface area contributed by atoms with Gasteiger partial charge in [0.15, 0.2) is 0 Å². The van der Waals surface area contributed by atoms with Crippen LogP contribution >= 0.6 is 0 Å². The van der Waals surface area contributed by atoms with E-state index in [1.807, 2.05) is 50.3 Å². The molecule has 3 atom stereocenters. The normalized spacial score (nSPS) is 24.8. The molecule has 0 aromatic heterocycles. The first kappa shape index (κ1) is 19.2. The number of aryl methyl sites for hydroxylation is 1. The summed E-state index contributed by atoms with van der Waals surface area (Å²) in [6.07, 6.45) is 4.71. The second kappa shape index (κ2) is 7.35. The van der Waals surface area contributed by atoms with Crippen LogP contribution in [0.4, 0.5) is 5.69 Å². The lowest BCUT2D eigenvalue weighted by molar-refractivity contribution is 0.210. The molecule has 5 nitrogen and oxygen atoms in total. The first-order valence-electron chi connectivity index (χ1n) is 9.69. The smallest absolute Gasteiger partial charge is 0.243 e. The zero-order valence-corrected chi connectivity index (χ0v) is 17.0. The Morgan fingerprint density at radius 3 is 2.75 bits per heavy atom. The lowest BCUT2D eigenvalue weighted by Crippen LogP contribution is -2.42. The van der Waals surface area contributed by atoms with Gasteiger partial charge in [0.05, 0.1) is 23.6 Å². The SMILES string of the molecule is C/C=C/c1ccc2c(c1)[C@H]1[C@H](CCN1S(=O)(=O)c1ccccc1C)[C@@H](CO)N2. The molecule has 28 heavy (non-hydrogen) atoms. The Kier molecular flexibility index (Phi) is 5.04. The van der Waals surface area contributed by atoms with E-state index in [0.717, 1.165) is 28.8 Å². The lowest BCUT2D eigenvalue weighted by atomic mass is 9.83. The van der Waals surface area contributed by atoms with Gasteiger partial charge in [-0.05, 0) is 55.2 Å². The summed E-state index contributed by atoms with van der Waals surface area (Å²) in [5.74, 6) is 0.0390. The van der Waals surface area contributed by atoms with Crippen LogP contribution in [0.25, 0.3) is 6.08 Å². The molecule has 0 bridgehead atoms. The predicted molar refractivity (Wildman–Crippen MR) is 112 cm³/mol. The molecule has 0 saturated carbocycles. The summed E-state index contributed by atoms with van der Waals surface area (Å²) >= 11 is 0. The molecule has 0 spiro atoms. The van der Waals surface area contributed by atoms with E-state index in [4.69, 9.17) is 0 Å². The largest absolute Gasteiger partial charge is 0.394 e. The minimum atomic E-state index is -3.63. The Morgan fingerprint density at radius 2 is 2.04 bits per heavy atom. The van der Waals surface area contributed by atoms with E-state index in [9.17, 15) is 13.5 Å². The molecule has 1 fully saturated rings. The van der Waals surface area contributed by atoms with Gasteiger partial charge in [-0.15, -0.1) is 0 Å². The minimum absolute atomic E-state index is 0.0184. The van der Waals surface area contributed by atoms with Crippen LogP contribution in [-0.4, -0.2) is 37.0 Å². The van der Waals surface area contributed by atoms with Crippen molar-refractivity contribution >= 4 is 21.8 Å². The van der Waals surface area contributed by atoms with Gasteiger partial charge in [0.1, 0.15) is 0 Å². The number of anilines is 1. The van der Waals surface area contributed by atoms with Crippen LogP contribution in [0.1, 0.15) is 36.1 Å². The molecule has 2 aliphatic heterocycles. The second-order valence-corrected chi connectivity index (χ2v) is 9.42. The highest BCUT2D eigenvalue weighted by atomic mass is 32.2. The summed E-state index contributed by atoms with van der Waals surface area (Å²) in [4.78, 5) is 0.362. The van der Waals surface area contributed by atoms with Crippen molar-refractivity contribution in [1.82, 2.24) is 4.31 Å². The first-order chi connectivity index (χ1) is 13.5. The van der Waals surface area contributed by atoms with Gasteiger partial charge in [0.25, 0.3) is 0 Å². The number of hydrogen-bond donors (Lipinski definition) is 2. The molecule has 6 heteroatoms. The van der Waals surface area contributed by atoms with Crippen molar-refractivity contribution in [2.45, 2.75) is 37.2 Å². The van der Waals surface area contributed by atoms with Crippen LogP contribution in [-0.2, 0) is 10.0 Å². The maximum absolute atomic E-state index is 13.6. The highest BCUT2D eigenvalue weighted by Crippen LogP contribution is 2.48. The molecule has 2 aromatic carbocycles. The van der Waals surface area contributed by atoms with Crippen LogP contribution in [0.3, 0.4) is 0 Å². The van der Waals surface area contributed by atoms with Gasteiger partial charge < -0.3 is 10.4 Å². The lowest BCUT2D eigenvalue weighted by Gasteiger charge is -2.39. The van der Waals surface area contributed by atoms with Gasteiger partial charge in [-0.3, -0.25) is 0 Å². The maximum Gasteiger partial charge on any atom is 0.243 e. The average Bonchev–Trinajstić information content (AvgIpc) is 3.14. The predicted octanol–water partition coefficient (Wildman–Crippen LogP) is 3.57. The molecule has 0 radical (unpaired) electrons. The van der Waals surface area contributed by atoms with Crippen molar-refractivity contribution in [3.05, 3.63) is 65.2 Å². The van der Waals surface area contributed by atoms with E-state index in [-0.39, 0.29) is 24.6 Å². The van der Waals surface area contributed by atoms with Crippen LogP contribution in [0.5, 0.6) is 0 Å². The number of rotatable bonds is 4. The minimum Gasteiger partial charge on any atom is -0.394 e. The molecule has 0 amide bonds. The van der Waals surface area contributed by atoms with Crippen molar-refractivity contribution in [3.8, 4) is 0 Å². The third-order valence-electron chi connectivity index (χ3n) is 5.89. The number of aliphatic hydroxyl groups is 1. The molecule has 2 N–H and O–H groups in total. The number of hydrogen-bond acceptors (Lipinski definition) is 4. The van der Waals surface area contributed by atoms with Crippen LogP contribution < -0.4 is 5.32 Å². The van der Waals surface area contributed by atoms with Gasteiger partial charge in [0.2, 0.25) is 10.0 Å². The Balaban J connectivity index is 1.84. The molecule has 2 aliphatic rings. The summed E-state index contributed by atoms with van der Waals surface area (Å²) in [7, 11) is -3.63. The molecule has 2 heterocycles. The Hall–Kier alpha value is -2.15. The topological polar surface area (TPSA) is 69.6 Å². The van der Waals surface area contributed by atoms with Gasteiger partial charge in [-0.25, -0.2) is 8.42 Å². The molecule has 4 rings (SSSR count). The molecule has 0 unspecified atom stereocenters. The standard InChI is InChI=1S/C22H26N2O3S/c1-3-6-16-9-10-19-18(13-16)22-17(20(14-25)23-19)11-12-24(22)28(26,27)21-8-5-4-7-15(21)2/h3-10,13,17,20,22-23,25H,11-12,14H2,1-2H3/b6-3+/t17-,20-,22-/m1/s1. The van der Waals surface area contributed by atoms with Crippen molar-refractivity contribution in [3.63, 3.8) is 0 Å². The van der Waals surface area contributed by atoms with E-state index in [1.54, 1.807) is 16.4 Å².